The number of nitrogens with two attached hydrogens (primary N) is 1. The summed E-state index contributed by atoms with van der Waals surface area (Å²) in [5.74, 6) is 0.282. The highest BCUT2D eigenvalue weighted by atomic mass is 16.5. The molecule has 0 spiro atoms. The zero-order valence-corrected chi connectivity index (χ0v) is 7.73. The van der Waals surface area contributed by atoms with E-state index >= 15 is 0 Å². The van der Waals surface area contributed by atoms with Crippen molar-refractivity contribution < 1.29 is 9.84 Å². The van der Waals surface area contributed by atoms with E-state index in [0.717, 1.165) is 12.0 Å². The first-order valence-corrected chi connectivity index (χ1v) is 4.25. The van der Waals surface area contributed by atoms with Crippen LogP contribution in [0.3, 0.4) is 0 Å². The summed E-state index contributed by atoms with van der Waals surface area (Å²) in [6, 6.07) is 7.08. The quantitative estimate of drug-likeness (QED) is 0.725. The predicted molar refractivity (Wildman–Crippen MR) is 51.7 cm³/mol. The van der Waals surface area contributed by atoms with Crippen molar-refractivity contribution in [2.24, 2.45) is 5.73 Å². The van der Waals surface area contributed by atoms with Crippen molar-refractivity contribution in [2.45, 2.75) is 12.5 Å². The minimum Gasteiger partial charge on any atom is -0.508 e. The van der Waals surface area contributed by atoms with Gasteiger partial charge >= 0.3 is 0 Å². The molecule has 0 aliphatic carbocycles. The largest absolute Gasteiger partial charge is 0.508 e. The standard InChI is InChI=1S/C10H15NO2/c1-13-7-9(11)6-8-2-4-10(12)5-3-8/h2-5,9,12H,6-7,11H2,1H3. The molecule has 1 atom stereocenters. The highest BCUT2D eigenvalue weighted by Crippen LogP contribution is 2.10. The van der Waals surface area contributed by atoms with Crippen LogP contribution in [0.1, 0.15) is 5.56 Å². The summed E-state index contributed by atoms with van der Waals surface area (Å²) in [6.45, 7) is 0.556. The van der Waals surface area contributed by atoms with Gasteiger partial charge in [-0.1, -0.05) is 12.1 Å². The van der Waals surface area contributed by atoms with Gasteiger partial charge in [0.1, 0.15) is 5.75 Å². The number of aromatic hydroxyl groups is 1. The first-order chi connectivity index (χ1) is 6.22. The Morgan fingerprint density at radius 2 is 2.00 bits per heavy atom. The lowest BCUT2D eigenvalue weighted by molar-refractivity contribution is 0.180. The fourth-order valence-corrected chi connectivity index (χ4v) is 1.21. The van der Waals surface area contributed by atoms with E-state index in [0.29, 0.717) is 6.61 Å². The van der Waals surface area contributed by atoms with Crippen LogP contribution in [-0.4, -0.2) is 24.9 Å². The first-order valence-electron chi connectivity index (χ1n) is 4.25. The van der Waals surface area contributed by atoms with E-state index in [4.69, 9.17) is 15.6 Å². The maximum Gasteiger partial charge on any atom is 0.115 e. The number of phenols is 1. The summed E-state index contributed by atoms with van der Waals surface area (Å²) in [5, 5.41) is 9.04. The van der Waals surface area contributed by atoms with Gasteiger partial charge in [0.05, 0.1) is 6.61 Å². The zero-order valence-electron chi connectivity index (χ0n) is 7.73. The van der Waals surface area contributed by atoms with E-state index in [2.05, 4.69) is 0 Å². The van der Waals surface area contributed by atoms with Crippen LogP contribution >= 0.6 is 0 Å². The van der Waals surface area contributed by atoms with Gasteiger partial charge in [-0.2, -0.15) is 0 Å². The fraction of sp³-hybridized carbons (Fsp3) is 0.400. The van der Waals surface area contributed by atoms with Gasteiger partial charge < -0.3 is 15.6 Å². The molecule has 3 nitrogen and oxygen atoms in total. The van der Waals surface area contributed by atoms with Crippen LogP contribution in [0.25, 0.3) is 0 Å². The molecule has 0 aliphatic rings. The molecule has 1 rings (SSSR count). The first kappa shape index (κ1) is 10.0. The van der Waals surface area contributed by atoms with Gasteiger partial charge in [0.25, 0.3) is 0 Å². The summed E-state index contributed by atoms with van der Waals surface area (Å²) >= 11 is 0. The van der Waals surface area contributed by atoms with Crippen LogP contribution in [0.2, 0.25) is 0 Å². The normalized spacial score (nSPS) is 12.8. The van der Waals surface area contributed by atoms with E-state index in [1.165, 1.54) is 0 Å². The second-order valence-corrected chi connectivity index (χ2v) is 3.09. The smallest absolute Gasteiger partial charge is 0.115 e. The van der Waals surface area contributed by atoms with Gasteiger partial charge in [-0.25, -0.2) is 0 Å². The minimum absolute atomic E-state index is 0.0227. The van der Waals surface area contributed by atoms with Crippen molar-refractivity contribution in [1.82, 2.24) is 0 Å². The molecule has 13 heavy (non-hydrogen) atoms. The third-order valence-electron chi connectivity index (χ3n) is 1.81. The minimum atomic E-state index is 0.0227. The molecule has 0 aliphatic heterocycles. The molecule has 0 amide bonds. The lowest BCUT2D eigenvalue weighted by Gasteiger charge is -2.09. The number of ether oxygens (including phenoxy) is 1. The number of methoxy groups -OCH3 is 1. The second kappa shape index (κ2) is 4.84. The van der Waals surface area contributed by atoms with Crippen LogP contribution < -0.4 is 5.73 Å². The molecule has 72 valence electrons. The van der Waals surface area contributed by atoms with Crippen molar-refractivity contribution in [1.29, 1.82) is 0 Å². The van der Waals surface area contributed by atoms with E-state index in [1.807, 2.05) is 12.1 Å². The second-order valence-electron chi connectivity index (χ2n) is 3.09. The van der Waals surface area contributed by atoms with Crippen LogP contribution in [-0.2, 0) is 11.2 Å². The predicted octanol–water partition coefficient (Wildman–Crippen LogP) is 0.908. The summed E-state index contributed by atoms with van der Waals surface area (Å²) in [7, 11) is 1.64. The molecule has 0 fully saturated rings. The topological polar surface area (TPSA) is 55.5 Å². The summed E-state index contributed by atoms with van der Waals surface area (Å²) in [5.41, 5.74) is 6.88. The molecule has 0 saturated carbocycles. The molecule has 0 saturated heterocycles. The maximum absolute atomic E-state index is 9.04. The fourth-order valence-electron chi connectivity index (χ4n) is 1.21. The Kier molecular flexibility index (Phi) is 3.73. The SMILES string of the molecule is COCC(N)Cc1ccc(O)cc1. The molecule has 3 heteroatoms. The van der Waals surface area contributed by atoms with Crippen molar-refractivity contribution in [3.63, 3.8) is 0 Å². The molecule has 1 unspecified atom stereocenters. The highest BCUT2D eigenvalue weighted by molar-refractivity contribution is 5.26. The van der Waals surface area contributed by atoms with Gasteiger partial charge in [-0.15, -0.1) is 0 Å². The molecule has 0 heterocycles. The Morgan fingerprint density at radius 3 is 2.54 bits per heavy atom. The van der Waals surface area contributed by atoms with Gasteiger partial charge in [-0.05, 0) is 24.1 Å². The molecule has 3 N–H and O–H groups in total. The third-order valence-corrected chi connectivity index (χ3v) is 1.81. The Hall–Kier alpha value is -1.06. The van der Waals surface area contributed by atoms with Gasteiger partial charge in [0.2, 0.25) is 0 Å². The van der Waals surface area contributed by atoms with Crippen molar-refractivity contribution in [2.75, 3.05) is 13.7 Å². The van der Waals surface area contributed by atoms with Crippen molar-refractivity contribution >= 4 is 0 Å². The van der Waals surface area contributed by atoms with E-state index < -0.39 is 0 Å². The molecule has 0 bridgehead atoms. The average molecular weight is 181 g/mol. The number of benzene rings is 1. The van der Waals surface area contributed by atoms with Gasteiger partial charge in [0.15, 0.2) is 0 Å². The summed E-state index contributed by atoms with van der Waals surface area (Å²) < 4.78 is 4.93. The van der Waals surface area contributed by atoms with E-state index in [9.17, 15) is 0 Å². The van der Waals surface area contributed by atoms with Crippen LogP contribution in [0.5, 0.6) is 5.75 Å². The zero-order chi connectivity index (χ0) is 9.68. The molecule has 0 radical (unpaired) electrons. The Labute approximate surface area is 78.1 Å². The number of rotatable bonds is 4. The van der Waals surface area contributed by atoms with Crippen molar-refractivity contribution in [3.8, 4) is 5.75 Å². The number of hydrogen-bond acceptors (Lipinski definition) is 3. The lowest BCUT2D eigenvalue weighted by Crippen LogP contribution is -2.27. The Balaban J connectivity index is 2.49. The highest BCUT2D eigenvalue weighted by Gasteiger charge is 2.02. The lowest BCUT2D eigenvalue weighted by atomic mass is 10.1. The van der Waals surface area contributed by atoms with E-state index in [1.54, 1.807) is 19.2 Å². The number of hydrogen-bond donors (Lipinski definition) is 2. The monoisotopic (exact) mass is 181 g/mol. The van der Waals surface area contributed by atoms with E-state index in [-0.39, 0.29) is 11.8 Å². The molecule has 1 aromatic rings. The maximum atomic E-state index is 9.04. The van der Waals surface area contributed by atoms with Crippen LogP contribution in [0.15, 0.2) is 24.3 Å². The summed E-state index contributed by atoms with van der Waals surface area (Å²) in [4.78, 5) is 0. The molecular formula is C10H15NO2. The number of phenolic OH excluding ortho intramolecular Hbond substituents is 1. The third kappa shape index (κ3) is 3.44. The van der Waals surface area contributed by atoms with Crippen LogP contribution in [0, 0.1) is 0 Å². The Morgan fingerprint density at radius 1 is 1.38 bits per heavy atom. The molecule has 1 aromatic carbocycles. The van der Waals surface area contributed by atoms with Gasteiger partial charge in [-0.3, -0.25) is 0 Å². The van der Waals surface area contributed by atoms with Crippen LogP contribution in [0.4, 0.5) is 0 Å². The summed E-state index contributed by atoms with van der Waals surface area (Å²) in [6.07, 6.45) is 0.772. The molecular weight excluding hydrogens is 166 g/mol. The Bertz CT molecular complexity index is 246. The van der Waals surface area contributed by atoms with Crippen molar-refractivity contribution in [3.05, 3.63) is 29.8 Å². The average Bonchev–Trinajstić information content (AvgIpc) is 2.09. The molecule has 0 aromatic heterocycles. The van der Waals surface area contributed by atoms with Gasteiger partial charge in [0, 0.05) is 13.2 Å².